The highest BCUT2D eigenvalue weighted by atomic mass is 32.2. The van der Waals surface area contributed by atoms with Crippen molar-refractivity contribution < 1.29 is 14.3 Å². The van der Waals surface area contributed by atoms with E-state index in [0.717, 1.165) is 4.90 Å². The first kappa shape index (κ1) is 13.8. The largest absolute Gasteiger partial charge is 0.447 e. The molecule has 1 aromatic rings. The fourth-order valence-corrected chi connectivity index (χ4v) is 2.62. The Labute approximate surface area is 114 Å². The van der Waals surface area contributed by atoms with Crippen molar-refractivity contribution in [3.8, 4) is 0 Å². The van der Waals surface area contributed by atoms with Crippen LogP contribution in [0.15, 0.2) is 5.16 Å². The summed E-state index contributed by atoms with van der Waals surface area (Å²) in [6, 6.07) is 0. The molecule has 1 aromatic heterocycles. The highest BCUT2D eigenvalue weighted by molar-refractivity contribution is 7.99. The first-order valence-corrected chi connectivity index (χ1v) is 6.88. The van der Waals surface area contributed by atoms with Crippen molar-refractivity contribution in [3.63, 3.8) is 0 Å². The van der Waals surface area contributed by atoms with Gasteiger partial charge < -0.3 is 15.0 Å². The molecule has 1 aliphatic rings. The molecular formula is C10H15N5O3S. The first-order chi connectivity index (χ1) is 9.17. The van der Waals surface area contributed by atoms with Crippen molar-refractivity contribution in [2.24, 2.45) is 5.73 Å². The molecule has 0 aromatic carbocycles. The van der Waals surface area contributed by atoms with E-state index in [0.29, 0.717) is 30.6 Å². The molecule has 1 fully saturated rings. The zero-order valence-corrected chi connectivity index (χ0v) is 11.4. The lowest BCUT2D eigenvalue weighted by Gasteiger charge is -2.10. The van der Waals surface area contributed by atoms with E-state index in [9.17, 15) is 9.59 Å². The van der Waals surface area contributed by atoms with E-state index >= 15 is 0 Å². The van der Waals surface area contributed by atoms with Crippen LogP contribution in [0.2, 0.25) is 0 Å². The average Bonchev–Trinajstić information content (AvgIpc) is 3.01. The highest BCUT2D eigenvalue weighted by Gasteiger charge is 2.28. The third-order valence-corrected chi connectivity index (χ3v) is 3.63. The van der Waals surface area contributed by atoms with Crippen molar-refractivity contribution in [1.29, 1.82) is 0 Å². The van der Waals surface area contributed by atoms with Gasteiger partial charge in [-0.25, -0.2) is 9.69 Å². The van der Waals surface area contributed by atoms with Crippen molar-refractivity contribution in [2.45, 2.75) is 25.2 Å². The molecule has 0 unspecified atom stereocenters. The molecule has 104 valence electrons. The number of cyclic esters (lactones) is 1. The second-order valence-electron chi connectivity index (χ2n) is 3.80. The molecule has 0 aliphatic carbocycles. The van der Waals surface area contributed by atoms with Crippen LogP contribution in [0.3, 0.4) is 0 Å². The summed E-state index contributed by atoms with van der Waals surface area (Å²) in [4.78, 5) is 24.2. The summed E-state index contributed by atoms with van der Waals surface area (Å²) in [6.07, 6.45) is -0.579. The average molecular weight is 285 g/mol. The third kappa shape index (κ3) is 2.87. The molecule has 1 aliphatic heterocycles. The second kappa shape index (κ2) is 6.02. The van der Waals surface area contributed by atoms with Crippen molar-refractivity contribution in [1.82, 2.24) is 19.7 Å². The standard InChI is InChI=1S/C10H15N5O3S/c1-2-14-7(5-11)12-13-9(14)19-6-8(16)15-3-4-18-10(15)17/h2-6,11H2,1H3. The molecule has 0 radical (unpaired) electrons. The molecule has 0 spiro atoms. The van der Waals surface area contributed by atoms with Gasteiger partial charge in [0.15, 0.2) is 5.16 Å². The minimum absolute atomic E-state index is 0.123. The molecule has 9 heteroatoms. The van der Waals surface area contributed by atoms with Gasteiger partial charge >= 0.3 is 6.09 Å². The number of hydrogen-bond donors (Lipinski definition) is 1. The number of aromatic nitrogens is 3. The number of thioether (sulfide) groups is 1. The van der Waals surface area contributed by atoms with Crippen molar-refractivity contribution in [2.75, 3.05) is 18.9 Å². The third-order valence-electron chi connectivity index (χ3n) is 2.68. The topological polar surface area (TPSA) is 103 Å². The second-order valence-corrected chi connectivity index (χ2v) is 4.74. The van der Waals surface area contributed by atoms with Gasteiger partial charge in [-0.05, 0) is 6.92 Å². The maximum atomic E-state index is 11.8. The van der Waals surface area contributed by atoms with Crippen LogP contribution < -0.4 is 5.73 Å². The van der Waals surface area contributed by atoms with Gasteiger partial charge in [-0.1, -0.05) is 11.8 Å². The molecule has 2 amide bonds. The van der Waals surface area contributed by atoms with Crippen LogP contribution in [-0.2, 0) is 22.6 Å². The van der Waals surface area contributed by atoms with Crippen molar-refractivity contribution in [3.05, 3.63) is 5.82 Å². The van der Waals surface area contributed by atoms with Crippen LogP contribution >= 0.6 is 11.8 Å². The fraction of sp³-hybridized carbons (Fsp3) is 0.600. The van der Waals surface area contributed by atoms with E-state index in [1.165, 1.54) is 11.8 Å². The van der Waals surface area contributed by atoms with E-state index < -0.39 is 6.09 Å². The minimum Gasteiger partial charge on any atom is -0.447 e. The molecule has 0 bridgehead atoms. The maximum absolute atomic E-state index is 11.8. The number of hydrogen-bond acceptors (Lipinski definition) is 7. The molecule has 8 nitrogen and oxygen atoms in total. The van der Waals surface area contributed by atoms with E-state index in [-0.39, 0.29) is 18.3 Å². The number of nitrogens with zero attached hydrogens (tertiary/aromatic N) is 4. The molecule has 0 saturated carbocycles. The molecular weight excluding hydrogens is 270 g/mol. The lowest BCUT2D eigenvalue weighted by atomic mass is 10.5. The van der Waals surface area contributed by atoms with E-state index in [1.807, 2.05) is 11.5 Å². The number of rotatable bonds is 5. The predicted octanol–water partition coefficient (Wildman–Crippen LogP) is -0.172. The van der Waals surface area contributed by atoms with Crippen LogP contribution in [0.5, 0.6) is 0 Å². The van der Waals surface area contributed by atoms with Gasteiger partial charge in [-0.15, -0.1) is 10.2 Å². The van der Waals surface area contributed by atoms with Crippen LogP contribution in [0.4, 0.5) is 4.79 Å². The number of amides is 2. The van der Waals surface area contributed by atoms with Crippen LogP contribution in [0.25, 0.3) is 0 Å². The normalized spacial score (nSPS) is 14.8. The summed E-state index contributed by atoms with van der Waals surface area (Å²) in [5, 5.41) is 8.56. The Balaban J connectivity index is 1.97. The summed E-state index contributed by atoms with van der Waals surface area (Å²) in [7, 11) is 0. The number of imide groups is 1. The lowest BCUT2D eigenvalue weighted by molar-refractivity contribution is -0.125. The van der Waals surface area contributed by atoms with Gasteiger partial charge in [0.2, 0.25) is 5.91 Å². The summed E-state index contributed by atoms with van der Waals surface area (Å²) >= 11 is 1.24. The lowest BCUT2D eigenvalue weighted by Crippen LogP contribution is -2.33. The van der Waals surface area contributed by atoms with Crippen LogP contribution in [0.1, 0.15) is 12.7 Å². The van der Waals surface area contributed by atoms with Gasteiger partial charge in [-0.3, -0.25) is 4.79 Å². The smallest absolute Gasteiger partial charge is 0.416 e. The summed E-state index contributed by atoms with van der Waals surface area (Å²) in [5.74, 6) is 0.517. The van der Waals surface area contributed by atoms with Gasteiger partial charge in [0.1, 0.15) is 12.4 Å². The Morgan fingerprint density at radius 2 is 2.32 bits per heavy atom. The van der Waals surface area contributed by atoms with E-state index in [1.54, 1.807) is 0 Å². The van der Waals surface area contributed by atoms with Gasteiger partial charge in [0.25, 0.3) is 0 Å². The quantitative estimate of drug-likeness (QED) is 0.749. The van der Waals surface area contributed by atoms with Gasteiger partial charge in [0, 0.05) is 6.54 Å². The van der Waals surface area contributed by atoms with E-state index in [2.05, 4.69) is 10.2 Å². The zero-order chi connectivity index (χ0) is 13.8. The SMILES string of the molecule is CCn1c(CN)nnc1SCC(=O)N1CCOC1=O. The van der Waals surface area contributed by atoms with E-state index in [4.69, 9.17) is 10.5 Å². The Hall–Kier alpha value is -1.61. The van der Waals surface area contributed by atoms with Gasteiger partial charge in [-0.2, -0.15) is 0 Å². The maximum Gasteiger partial charge on any atom is 0.416 e. The molecule has 2 N–H and O–H groups in total. The highest BCUT2D eigenvalue weighted by Crippen LogP contribution is 2.18. The molecule has 1 saturated heterocycles. The van der Waals surface area contributed by atoms with Crippen molar-refractivity contribution >= 4 is 23.8 Å². The predicted molar refractivity (Wildman–Crippen MR) is 67.4 cm³/mol. The number of carbonyl (C=O) groups excluding carboxylic acids is 2. The van der Waals surface area contributed by atoms with Gasteiger partial charge in [0.05, 0.1) is 18.8 Å². The fourth-order valence-electron chi connectivity index (χ4n) is 1.72. The Kier molecular flexibility index (Phi) is 4.38. The summed E-state index contributed by atoms with van der Waals surface area (Å²) < 4.78 is 6.56. The molecule has 0 atom stereocenters. The molecule has 19 heavy (non-hydrogen) atoms. The first-order valence-electron chi connectivity index (χ1n) is 5.89. The Bertz CT molecular complexity index is 490. The Morgan fingerprint density at radius 3 is 2.89 bits per heavy atom. The molecule has 2 heterocycles. The number of carbonyl (C=O) groups is 2. The summed E-state index contributed by atoms with van der Waals surface area (Å²) in [6.45, 7) is 3.51. The number of ether oxygens (including phenoxy) is 1. The number of nitrogens with two attached hydrogens (primary N) is 1. The Morgan fingerprint density at radius 1 is 1.53 bits per heavy atom. The monoisotopic (exact) mass is 285 g/mol. The zero-order valence-electron chi connectivity index (χ0n) is 10.5. The van der Waals surface area contributed by atoms with Crippen LogP contribution in [0, 0.1) is 0 Å². The molecule has 2 rings (SSSR count). The minimum atomic E-state index is -0.579. The van der Waals surface area contributed by atoms with Crippen LogP contribution in [-0.4, -0.2) is 50.6 Å². The summed E-state index contributed by atoms with van der Waals surface area (Å²) in [5.41, 5.74) is 5.54.